The van der Waals surface area contributed by atoms with Crippen LogP contribution in [0.4, 0.5) is 4.79 Å². The second-order valence-electron chi connectivity index (χ2n) is 5.03. The number of rotatable bonds is 2. The quantitative estimate of drug-likeness (QED) is 0.709. The number of carbonyl (C=O) groups is 2. The Bertz CT molecular complexity index is 286. The van der Waals surface area contributed by atoms with E-state index < -0.39 is 11.9 Å². The van der Waals surface area contributed by atoms with Gasteiger partial charge in [0.15, 0.2) is 0 Å². The van der Waals surface area contributed by atoms with Crippen LogP contribution >= 0.6 is 11.6 Å². The Kier molecular flexibility index (Phi) is 3.01. The van der Waals surface area contributed by atoms with Gasteiger partial charge in [0.05, 0.1) is 0 Å². The van der Waals surface area contributed by atoms with Gasteiger partial charge in [-0.2, -0.15) is 0 Å². The number of nitrogens with one attached hydrogen (secondary N) is 2. The standard InChI is InChI=1S/C10H17ClN2O2/c1-9(2)7(10(9,3)4)13-8(15)12-6(14)5-11/h7H,5H2,1-4H3,(H2,12,13,14,15). The number of hydrogen-bond acceptors (Lipinski definition) is 2. The van der Waals surface area contributed by atoms with Crippen molar-refractivity contribution in [3.05, 3.63) is 0 Å². The molecule has 2 N–H and O–H groups in total. The van der Waals surface area contributed by atoms with Crippen LogP contribution in [0.15, 0.2) is 0 Å². The molecule has 1 saturated carbocycles. The number of carbonyl (C=O) groups excluding carboxylic acids is 2. The average molecular weight is 233 g/mol. The summed E-state index contributed by atoms with van der Waals surface area (Å²) in [6.07, 6.45) is 0. The highest BCUT2D eigenvalue weighted by Crippen LogP contribution is 2.62. The van der Waals surface area contributed by atoms with Crippen molar-refractivity contribution in [1.82, 2.24) is 10.6 Å². The highest BCUT2D eigenvalue weighted by atomic mass is 35.5. The lowest BCUT2D eigenvalue weighted by Crippen LogP contribution is -2.42. The fourth-order valence-corrected chi connectivity index (χ4v) is 1.95. The molecule has 15 heavy (non-hydrogen) atoms. The number of alkyl halides is 1. The first-order chi connectivity index (χ1) is 6.73. The van der Waals surface area contributed by atoms with Crippen molar-refractivity contribution in [2.45, 2.75) is 33.7 Å². The molecular formula is C10H17ClN2O2. The number of amides is 3. The van der Waals surface area contributed by atoms with Gasteiger partial charge < -0.3 is 5.32 Å². The van der Waals surface area contributed by atoms with E-state index in [-0.39, 0.29) is 22.8 Å². The number of urea groups is 1. The van der Waals surface area contributed by atoms with Crippen molar-refractivity contribution < 1.29 is 9.59 Å². The van der Waals surface area contributed by atoms with E-state index in [0.717, 1.165) is 0 Å². The minimum absolute atomic E-state index is 0.0638. The number of halogens is 1. The maximum atomic E-state index is 11.3. The summed E-state index contributed by atoms with van der Waals surface area (Å²) in [6, 6.07) is -0.377. The highest BCUT2D eigenvalue weighted by Gasteiger charge is 2.65. The number of imide groups is 1. The summed E-state index contributed by atoms with van der Waals surface area (Å²) in [4.78, 5) is 22.2. The molecule has 0 atom stereocenters. The molecule has 1 rings (SSSR count). The molecule has 0 radical (unpaired) electrons. The monoisotopic (exact) mass is 232 g/mol. The Morgan fingerprint density at radius 2 is 1.67 bits per heavy atom. The Labute approximate surface area is 94.7 Å². The van der Waals surface area contributed by atoms with Gasteiger partial charge in [0, 0.05) is 6.04 Å². The highest BCUT2D eigenvalue weighted by molar-refractivity contribution is 6.28. The molecule has 0 unspecified atom stereocenters. The molecule has 0 spiro atoms. The lowest BCUT2D eigenvalue weighted by molar-refractivity contribution is -0.117. The van der Waals surface area contributed by atoms with Crippen LogP contribution < -0.4 is 10.6 Å². The maximum absolute atomic E-state index is 11.3. The van der Waals surface area contributed by atoms with Crippen LogP contribution in [0.2, 0.25) is 0 Å². The lowest BCUT2D eigenvalue weighted by atomic mass is 10.0. The van der Waals surface area contributed by atoms with Crippen LogP contribution in [0, 0.1) is 10.8 Å². The molecule has 4 nitrogen and oxygen atoms in total. The van der Waals surface area contributed by atoms with E-state index in [1.54, 1.807) is 0 Å². The van der Waals surface area contributed by atoms with Crippen LogP contribution in [0.25, 0.3) is 0 Å². The summed E-state index contributed by atoms with van der Waals surface area (Å²) in [5.41, 5.74) is 0.128. The van der Waals surface area contributed by atoms with Crippen LogP contribution in [-0.2, 0) is 4.79 Å². The van der Waals surface area contributed by atoms with Crippen molar-refractivity contribution in [2.24, 2.45) is 10.8 Å². The van der Waals surface area contributed by atoms with Gasteiger partial charge >= 0.3 is 6.03 Å². The lowest BCUT2D eigenvalue weighted by Gasteiger charge is -2.06. The van der Waals surface area contributed by atoms with Crippen LogP contribution in [0.1, 0.15) is 27.7 Å². The molecule has 0 aromatic rings. The first kappa shape index (κ1) is 12.3. The minimum atomic E-state index is -0.481. The second-order valence-corrected chi connectivity index (χ2v) is 5.30. The van der Waals surface area contributed by atoms with E-state index in [1.807, 2.05) is 0 Å². The third-order valence-electron chi connectivity index (χ3n) is 3.67. The Morgan fingerprint density at radius 1 is 1.20 bits per heavy atom. The van der Waals surface area contributed by atoms with E-state index >= 15 is 0 Å². The predicted octanol–water partition coefficient (Wildman–Crippen LogP) is 1.49. The largest absolute Gasteiger partial charge is 0.334 e. The van der Waals surface area contributed by atoms with Crippen LogP contribution in [0.5, 0.6) is 0 Å². The SMILES string of the molecule is CC1(C)C(NC(=O)NC(=O)CCl)C1(C)C. The molecule has 1 fully saturated rings. The molecule has 0 saturated heterocycles. The Balaban J connectivity index is 2.45. The zero-order valence-electron chi connectivity index (χ0n) is 9.48. The smallest absolute Gasteiger partial charge is 0.321 e. The second kappa shape index (κ2) is 3.67. The third kappa shape index (κ3) is 2.09. The van der Waals surface area contributed by atoms with E-state index in [0.29, 0.717) is 0 Å². The summed E-state index contributed by atoms with van der Waals surface area (Å²) in [5, 5.41) is 4.93. The first-order valence-corrected chi connectivity index (χ1v) is 5.43. The van der Waals surface area contributed by atoms with Crippen molar-refractivity contribution >= 4 is 23.5 Å². The van der Waals surface area contributed by atoms with Gasteiger partial charge in [-0.3, -0.25) is 10.1 Å². The average Bonchev–Trinajstić information content (AvgIpc) is 2.48. The predicted molar refractivity (Wildman–Crippen MR) is 58.7 cm³/mol. The molecule has 0 heterocycles. The van der Waals surface area contributed by atoms with Crippen LogP contribution in [-0.4, -0.2) is 23.9 Å². The summed E-state index contributed by atoms with van der Waals surface area (Å²) in [7, 11) is 0. The molecule has 0 aromatic heterocycles. The summed E-state index contributed by atoms with van der Waals surface area (Å²) < 4.78 is 0. The van der Waals surface area contributed by atoms with E-state index in [4.69, 9.17) is 11.6 Å². The number of hydrogen-bond donors (Lipinski definition) is 2. The zero-order valence-corrected chi connectivity index (χ0v) is 10.2. The van der Waals surface area contributed by atoms with E-state index in [2.05, 4.69) is 38.3 Å². The zero-order chi connectivity index (χ0) is 11.9. The van der Waals surface area contributed by atoms with Gasteiger partial charge in [0.1, 0.15) is 5.88 Å². The molecule has 5 heteroatoms. The summed E-state index contributed by atoms with van der Waals surface area (Å²) >= 11 is 5.27. The van der Waals surface area contributed by atoms with Gasteiger partial charge in [0.2, 0.25) is 5.91 Å². The molecular weight excluding hydrogens is 216 g/mol. The molecule has 3 amide bonds. The first-order valence-electron chi connectivity index (χ1n) is 4.90. The summed E-state index contributed by atoms with van der Waals surface area (Å²) in [5.74, 6) is -0.685. The normalized spacial score (nSPS) is 21.9. The van der Waals surface area contributed by atoms with Crippen molar-refractivity contribution in [3.8, 4) is 0 Å². The molecule has 0 bridgehead atoms. The Morgan fingerprint density at radius 3 is 2.00 bits per heavy atom. The fourth-order valence-electron chi connectivity index (χ4n) is 1.88. The fraction of sp³-hybridized carbons (Fsp3) is 0.800. The van der Waals surface area contributed by atoms with Gasteiger partial charge in [-0.05, 0) is 10.8 Å². The van der Waals surface area contributed by atoms with Crippen molar-refractivity contribution in [2.75, 3.05) is 5.88 Å². The van der Waals surface area contributed by atoms with Crippen molar-refractivity contribution in [3.63, 3.8) is 0 Å². The molecule has 0 aromatic carbocycles. The van der Waals surface area contributed by atoms with Gasteiger partial charge in [-0.1, -0.05) is 27.7 Å². The van der Waals surface area contributed by atoms with Crippen LogP contribution in [0.3, 0.4) is 0 Å². The Hall–Kier alpha value is -0.770. The third-order valence-corrected chi connectivity index (χ3v) is 3.91. The summed E-state index contributed by atoms with van der Waals surface area (Å²) in [6.45, 7) is 8.34. The molecule has 1 aliphatic rings. The van der Waals surface area contributed by atoms with Gasteiger partial charge in [0.25, 0.3) is 0 Å². The van der Waals surface area contributed by atoms with E-state index in [9.17, 15) is 9.59 Å². The van der Waals surface area contributed by atoms with Gasteiger partial charge in [-0.25, -0.2) is 4.79 Å². The molecule has 1 aliphatic carbocycles. The topological polar surface area (TPSA) is 58.2 Å². The minimum Gasteiger partial charge on any atom is -0.334 e. The van der Waals surface area contributed by atoms with Crippen molar-refractivity contribution in [1.29, 1.82) is 0 Å². The maximum Gasteiger partial charge on any atom is 0.321 e. The molecule has 0 aliphatic heterocycles. The molecule has 86 valence electrons. The van der Waals surface area contributed by atoms with Gasteiger partial charge in [-0.15, -0.1) is 11.6 Å². The van der Waals surface area contributed by atoms with E-state index in [1.165, 1.54) is 0 Å².